The number of hydrogen-bond acceptors (Lipinski definition) is 2. The fourth-order valence-electron chi connectivity index (χ4n) is 3.09. The Balaban J connectivity index is 2.24. The molecule has 2 atom stereocenters. The van der Waals surface area contributed by atoms with Crippen LogP contribution in [0.2, 0.25) is 0 Å². The molecule has 0 bridgehead atoms. The highest BCUT2D eigenvalue weighted by Gasteiger charge is 2.26. The first-order valence-electron chi connectivity index (χ1n) is 7.05. The summed E-state index contributed by atoms with van der Waals surface area (Å²) in [6.45, 7) is 7.48. The largest absolute Gasteiger partial charge is 0.356 e. The van der Waals surface area contributed by atoms with Crippen LogP contribution >= 0.6 is 0 Å². The van der Waals surface area contributed by atoms with Gasteiger partial charge in [0.2, 0.25) is 5.95 Å². The minimum Gasteiger partial charge on any atom is -0.356 e. The van der Waals surface area contributed by atoms with Crippen LogP contribution in [-0.4, -0.2) is 16.1 Å². The summed E-state index contributed by atoms with van der Waals surface area (Å²) in [6.07, 6.45) is 8.96. The van der Waals surface area contributed by atoms with Crippen LogP contribution in [0, 0.1) is 12.8 Å². The third-order valence-corrected chi connectivity index (χ3v) is 3.94. The summed E-state index contributed by atoms with van der Waals surface area (Å²) < 4.78 is 2.40. The van der Waals surface area contributed by atoms with Gasteiger partial charge in [0.1, 0.15) is 0 Å². The number of anilines is 1. The zero-order valence-electron chi connectivity index (χ0n) is 11.4. The van der Waals surface area contributed by atoms with Gasteiger partial charge in [-0.2, -0.15) is 0 Å². The highest BCUT2D eigenvalue weighted by atomic mass is 15.2. The van der Waals surface area contributed by atoms with Gasteiger partial charge in [-0.15, -0.1) is 0 Å². The molecule has 1 N–H and O–H groups in total. The Morgan fingerprint density at radius 2 is 2.12 bits per heavy atom. The third kappa shape index (κ3) is 2.64. The molecule has 1 aliphatic carbocycles. The standard InChI is InChI=1S/C14H25N3/c1-4-12-8-6-7-9-13(12)17-10-11(3)16-14(17)15-5-2/h10,12-13H,4-9H2,1-3H3,(H,15,16). The SMILES string of the molecule is CCNc1nc(C)cn1C1CCCCC1CC. The Morgan fingerprint density at radius 3 is 2.82 bits per heavy atom. The maximum absolute atomic E-state index is 4.60. The van der Waals surface area contributed by atoms with E-state index in [1.807, 2.05) is 0 Å². The summed E-state index contributed by atoms with van der Waals surface area (Å²) >= 11 is 0. The summed E-state index contributed by atoms with van der Waals surface area (Å²) in [4.78, 5) is 4.60. The molecule has 1 heterocycles. The molecule has 3 heteroatoms. The van der Waals surface area contributed by atoms with Crippen molar-refractivity contribution in [3.05, 3.63) is 11.9 Å². The van der Waals surface area contributed by atoms with E-state index in [2.05, 4.69) is 41.8 Å². The Morgan fingerprint density at radius 1 is 1.35 bits per heavy atom. The van der Waals surface area contributed by atoms with Crippen molar-refractivity contribution in [1.29, 1.82) is 0 Å². The number of nitrogens with zero attached hydrogens (tertiary/aromatic N) is 2. The molecule has 0 spiro atoms. The average molecular weight is 235 g/mol. The molecule has 0 aromatic carbocycles. The molecular weight excluding hydrogens is 210 g/mol. The zero-order chi connectivity index (χ0) is 12.3. The molecule has 1 aliphatic rings. The Bertz CT molecular complexity index is 356. The smallest absolute Gasteiger partial charge is 0.203 e. The number of aryl methyl sites for hydroxylation is 1. The van der Waals surface area contributed by atoms with Crippen LogP contribution < -0.4 is 5.32 Å². The number of imidazole rings is 1. The number of nitrogens with one attached hydrogen (secondary N) is 1. The first-order chi connectivity index (χ1) is 8.26. The van der Waals surface area contributed by atoms with Gasteiger partial charge in [0.05, 0.1) is 5.69 Å². The first-order valence-corrected chi connectivity index (χ1v) is 7.05. The number of hydrogen-bond donors (Lipinski definition) is 1. The number of aromatic nitrogens is 2. The van der Waals surface area contributed by atoms with E-state index in [4.69, 9.17) is 0 Å². The van der Waals surface area contributed by atoms with E-state index in [-0.39, 0.29) is 0 Å². The van der Waals surface area contributed by atoms with Crippen LogP contribution in [0.3, 0.4) is 0 Å². The van der Waals surface area contributed by atoms with Crippen LogP contribution in [0.5, 0.6) is 0 Å². The lowest BCUT2D eigenvalue weighted by molar-refractivity contribution is 0.234. The molecule has 1 fully saturated rings. The van der Waals surface area contributed by atoms with Crippen molar-refractivity contribution in [2.75, 3.05) is 11.9 Å². The molecule has 0 aliphatic heterocycles. The lowest BCUT2D eigenvalue weighted by Gasteiger charge is -2.32. The van der Waals surface area contributed by atoms with Gasteiger partial charge >= 0.3 is 0 Å². The normalized spacial score (nSPS) is 24.9. The molecule has 3 nitrogen and oxygen atoms in total. The van der Waals surface area contributed by atoms with Crippen LogP contribution in [0.25, 0.3) is 0 Å². The topological polar surface area (TPSA) is 29.9 Å². The second kappa shape index (κ2) is 5.56. The van der Waals surface area contributed by atoms with Crippen LogP contribution in [-0.2, 0) is 0 Å². The van der Waals surface area contributed by atoms with E-state index in [0.29, 0.717) is 6.04 Å². The fraction of sp³-hybridized carbons (Fsp3) is 0.786. The average Bonchev–Trinajstić information content (AvgIpc) is 2.71. The van der Waals surface area contributed by atoms with Gasteiger partial charge in [-0.1, -0.05) is 26.2 Å². The highest BCUT2D eigenvalue weighted by Crippen LogP contribution is 2.37. The summed E-state index contributed by atoms with van der Waals surface area (Å²) in [6, 6.07) is 0.656. The van der Waals surface area contributed by atoms with Crippen molar-refractivity contribution in [2.45, 2.75) is 58.9 Å². The summed E-state index contributed by atoms with van der Waals surface area (Å²) in [5.41, 5.74) is 1.13. The maximum atomic E-state index is 4.60. The molecular formula is C14H25N3. The molecule has 1 saturated carbocycles. The molecule has 96 valence electrons. The van der Waals surface area contributed by atoms with Gasteiger partial charge < -0.3 is 9.88 Å². The Labute approximate surface area is 105 Å². The second-order valence-corrected chi connectivity index (χ2v) is 5.16. The lowest BCUT2D eigenvalue weighted by Crippen LogP contribution is -2.23. The first kappa shape index (κ1) is 12.5. The molecule has 0 amide bonds. The third-order valence-electron chi connectivity index (χ3n) is 3.94. The predicted octanol–water partition coefficient (Wildman–Crippen LogP) is 3.76. The van der Waals surface area contributed by atoms with Gasteiger partial charge in [-0.25, -0.2) is 4.98 Å². The van der Waals surface area contributed by atoms with E-state index >= 15 is 0 Å². The molecule has 0 radical (unpaired) electrons. The zero-order valence-corrected chi connectivity index (χ0v) is 11.4. The van der Waals surface area contributed by atoms with Crippen LogP contribution in [0.15, 0.2) is 6.20 Å². The minimum absolute atomic E-state index is 0.656. The minimum atomic E-state index is 0.656. The molecule has 2 rings (SSSR count). The van der Waals surface area contributed by atoms with Crippen molar-refractivity contribution in [3.8, 4) is 0 Å². The van der Waals surface area contributed by atoms with E-state index < -0.39 is 0 Å². The van der Waals surface area contributed by atoms with Gasteiger partial charge in [0.15, 0.2) is 0 Å². The quantitative estimate of drug-likeness (QED) is 0.861. The lowest BCUT2D eigenvalue weighted by atomic mass is 9.83. The van der Waals surface area contributed by atoms with Crippen molar-refractivity contribution >= 4 is 5.95 Å². The molecule has 1 aromatic heterocycles. The molecule has 17 heavy (non-hydrogen) atoms. The summed E-state index contributed by atoms with van der Waals surface area (Å²) in [7, 11) is 0. The van der Waals surface area contributed by atoms with Crippen molar-refractivity contribution in [3.63, 3.8) is 0 Å². The predicted molar refractivity (Wildman–Crippen MR) is 72.4 cm³/mol. The van der Waals surface area contributed by atoms with Gasteiger partial charge in [0.25, 0.3) is 0 Å². The maximum Gasteiger partial charge on any atom is 0.203 e. The van der Waals surface area contributed by atoms with E-state index in [1.54, 1.807) is 0 Å². The monoisotopic (exact) mass is 235 g/mol. The van der Waals surface area contributed by atoms with Gasteiger partial charge in [0, 0.05) is 18.8 Å². The second-order valence-electron chi connectivity index (χ2n) is 5.16. The van der Waals surface area contributed by atoms with Gasteiger partial charge in [-0.3, -0.25) is 0 Å². The van der Waals surface area contributed by atoms with Gasteiger partial charge in [-0.05, 0) is 32.6 Å². The van der Waals surface area contributed by atoms with E-state index in [0.717, 1.165) is 24.1 Å². The molecule has 1 aromatic rings. The van der Waals surface area contributed by atoms with Crippen LogP contribution in [0.1, 0.15) is 57.7 Å². The summed E-state index contributed by atoms with van der Waals surface area (Å²) in [5.74, 6) is 1.89. The Hall–Kier alpha value is -0.990. The molecule has 2 unspecified atom stereocenters. The van der Waals surface area contributed by atoms with Crippen molar-refractivity contribution < 1.29 is 0 Å². The van der Waals surface area contributed by atoms with Crippen molar-refractivity contribution in [2.24, 2.45) is 5.92 Å². The summed E-state index contributed by atoms with van der Waals surface area (Å²) in [5, 5.41) is 3.39. The molecule has 0 saturated heterocycles. The van der Waals surface area contributed by atoms with Crippen LogP contribution in [0.4, 0.5) is 5.95 Å². The highest BCUT2D eigenvalue weighted by molar-refractivity contribution is 5.29. The van der Waals surface area contributed by atoms with E-state index in [1.165, 1.54) is 32.1 Å². The number of rotatable bonds is 4. The van der Waals surface area contributed by atoms with E-state index in [9.17, 15) is 0 Å². The van der Waals surface area contributed by atoms with Crippen molar-refractivity contribution in [1.82, 2.24) is 9.55 Å². The Kier molecular flexibility index (Phi) is 4.08. The fourth-order valence-corrected chi connectivity index (χ4v) is 3.09.